The number of likely N-dealkylation sites (tertiary alicyclic amines) is 1. The third kappa shape index (κ3) is 5.51. The highest BCUT2D eigenvalue weighted by Crippen LogP contribution is 2.29. The molecule has 0 radical (unpaired) electrons. The van der Waals surface area contributed by atoms with E-state index in [-0.39, 0.29) is 31.2 Å². The van der Waals surface area contributed by atoms with Crippen molar-refractivity contribution in [1.29, 1.82) is 0 Å². The number of hydrogen-bond acceptors (Lipinski definition) is 6. The molecule has 10 heteroatoms. The standard InChI is InChI=1S/C24H24F3N3O4/c1-14-3-8-18-17(9-14)21(33-2)11-22(28-18)29-19-12-30(13-20(19)31)23(32)10-15-4-6-16(7-5-15)34-24(25,26)27/h3-9,11,19-20,31H,10,12-13H2,1-2H3,(H,28,29). The Morgan fingerprint density at radius 1 is 1.18 bits per heavy atom. The van der Waals surface area contributed by atoms with E-state index in [1.54, 1.807) is 13.2 Å². The Balaban J connectivity index is 1.40. The first-order chi connectivity index (χ1) is 16.1. The van der Waals surface area contributed by atoms with Crippen LogP contribution < -0.4 is 14.8 Å². The van der Waals surface area contributed by atoms with Gasteiger partial charge in [0, 0.05) is 24.5 Å². The minimum Gasteiger partial charge on any atom is -0.496 e. The van der Waals surface area contributed by atoms with Crippen LogP contribution >= 0.6 is 0 Å². The van der Waals surface area contributed by atoms with Crippen LogP contribution in [0.1, 0.15) is 11.1 Å². The van der Waals surface area contributed by atoms with Gasteiger partial charge in [0.1, 0.15) is 17.3 Å². The molecule has 2 atom stereocenters. The number of aromatic nitrogens is 1. The Morgan fingerprint density at radius 2 is 1.91 bits per heavy atom. The lowest BCUT2D eigenvalue weighted by Crippen LogP contribution is -2.33. The number of benzene rings is 2. The fourth-order valence-electron chi connectivity index (χ4n) is 3.97. The van der Waals surface area contributed by atoms with Crippen molar-refractivity contribution < 1.29 is 32.5 Å². The summed E-state index contributed by atoms with van der Waals surface area (Å²) in [6.45, 7) is 2.37. The number of methoxy groups -OCH3 is 1. The summed E-state index contributed by atoms with van der Waals surface area (Å²) >= 11 is 0. The van der Waals surface area contributed by atoms with Gasteiger partial charge in [-0.15, -0.1) is 13.2 Å². The Morgan fingerprint density at radius 3 is 2.59 bits per heavy atom. The van der Waals surface area contributed by atoms with Crippen LogP contribution in [-0.2, 0) is 11.2 Å². The molecule has 34 heavy (non-hydrogen) atoms. The zero-order valence-electron chi connectivity index (χ0n) is 18.6. The molecule has 0 aliphatic carbocycles. The molecule has 0 bridgehead atoms. The van der Waals surface area contributed by atoms with Crippen molar-refractivity contribution in [3.63, 3.8) is 0 Å². The van der Waals surface area contributed by atoms with Crippen LogP contribution in [0.25, 0.3) is 10.9 Å². The van der Waals surface area contributed by atoms with Gasteiger partial charge in [-0.1, -0.05) is 23.8 Å². The summed E-state index contributed by atoms with van der Waals surface area (Å²) in [7, 11) is 1.58. The number of nitrogens with one attached hydrogen (secondary N) is 1. The molecule has 1 aromatic heterocycles. The molecule has 0 saturated carbocycles. The van der Waals surface area contributed by atoms with Crippen molar-refractivity contribution in [1.82, 2.24) is 9.88 Å². The number of carbonyl (C=O) groups is 1. The molecule has 1 amide bonds. The highest BCUT2D eigenvalue weighted by Gasteiger charge is 2.34. The van der Waals surface area contributed by atoms with Gasteiger partial charge in [-0.2, -0.15) is 0 Å². The fourth-order valence-corrected chi connectivity index (χ4v) is 3.97. The van der Waals surface area contributed by atoms with Crippen LogP contribution in [0.2, 0.25) is 0 Å². The third-order valence-electron chi connectivity index (χ3n) is 5.63. The molecule has 1 aliphatic heterocycles. The zero-order chi connectivity index (χ0) is 24.5. The van der Waals surface area contributed by atoms with E-state index in [1.807, 2.05) is 25.1 Å². The summed E-state index contributed by atoms with van der Waals surface area (Å²) < 4.78 is 46.2. The lowest BCUT2D eigenvalue weighted by molar-refractivity contribution is -0.274. The van der Waals surface area contributed by atoms with Crippen LogP contribution in [-0.4, -0.2) is 59.6 Å². The first-order valence-electron chi connectivity index (χ1n) is 10.6. The van der Waals surface area contributed by atoms with Gasteiger partial charge in [0.25, 0.3) is 0 Å². The second kappa shape index (κ2) is 9.38. The number of nitrogens with zero attached hydrogens (tertiary/aromatic N) is 2. The van der Waals surface area contributed by atoms with E-state index >= 15 is 0 Å². The van der Waals surface area contributed by atoms with E-state index in [2.05, 4.69) is 15.0 Å². The number of alkyl halides is 3. The number of fused-ring (bicyclic) bond motifs is 1. The van der Waals surface area contributed by atoms with Gasteiger partial charge < -0.3 is 24.8 Å². The van der Waals surface area contributed by atoms with Gasteiger partial charge in [-0.05, 0) is 36.8 Å². The summed E-state index contributed by atoms with van der Waals surface area (Å²) in [6, 6.07) is 12.3. The van der Waals surface area contributed by atoms with E-state index in [9.17, 15) is 23.1 Å². The van der Waals surface area contributed by atoms with Crippen molar-refractivity contribution >= 4 is 22.6 Å². The monoisotopic (exact) mass is 475 g/mol. The van der Waals surface area contributed by atoms with Gasteiger partial charge in [0.2, 0.25) is 5.91 Å². The van der Waals surface area contributed by atoms with E-state index in [4.69, 9.17) is 4.74 Å². The summed E-state index contributed by atoms with van der Waals surface area (Å²) in [5.41, 5.74) is 2.36. The third-order valence-corrected chi connectivity index (χ3v) is 5.63. The van der Waals surface area contributed by atoms with Crippen LogP contribution in [0.15, 0.2) is 48.5 Å². The van der Waals surface area contributed by atoms with Crippen LogP contribution in [0.4, 0.5) is 19.0 Å². The van der Waals surface area contributed by atoms with Gasteiger partial charge in [-0.3, -0.25) is 4.79 Å². The van der Waals surface area contributed by atoms with Crippen LogP contribution in [0.5, 0.6) is 11.5 Å². The lowest BCUT2D eigenvalue weighted by Gasteiger charge is -2.18. The number of amides is 1. The number of halogens is 3. The molecule has 1 aliphatic rings. The summed E-state index contributed by atoms with van der Waals surface area (Å²) in [5, 5.41) is 14.6. The number of ether oxygens (including phenoxy) is 2. The maximum absolute atomic E-state index is 12.7. The maximum Gasteiger partial charge on any atom is 0.573 e. The van der Waals surface area contributed by atoms with E-state index in [0.717, 1.165) is 16.5 Å². The molecule has 7 nitrogen and oxygen atoms in total. The predicted molar refractivity (Wildman–Crippen MR) is 120 cm³/mol. The molecule has 2 N–H and O–H groups in total. The average Bonchev–Trinajstić information content (AvgIpc) is 3.14. The van der Waals surface area contributed by atoms with Crippen molar-refractivity contribution in [2.45, 2.75) is 31.9 Å². The topological polar surface area (TPSA) is 83.9 Å². The number of anilines is 1. The highest BCUT2D eigenvalue weighted by molar-refractivity contribution is 5.87. The summed E-state index contributed by atoms with van der Waals surface area (Å²) in [6.07, 6.45) is -5.59. The normalized spacial score (nSPS) is 18.2. The van der Waals surface area contributed by atoms with Gasteiger partial charge >= 0.3 is 6.36 Å². The molecule has 4 rings (SSSR count). The zero-order valence-corrected chi connectivity index (χ0v) is 18.6. The highest BCUT2D eigenvalue weighted by atomic mass is 19.4. The summed E-state index contributed by atoms with van der Waals surface area (Å²) in [5.74, 6) is 0.576. The second-order valence-corrected chi connectivity index (χ2v) is 8.22. The molecule has 2 heterocycles. The van der Waals surface area contributed by atoms with Gasteiger partial charge in [0.15, 0.2) is 0 Å². The average molecular weight is 475 g/mol. The minimum absolute atomic E-state index is 0.00681. The smallest absolute Gasteiger partial charge is 0.496 e. The molecular weight excluding hydrogens is 451 g/mol. The van der Waals surface area contributed by atoms with Crippen LogP contribution in [0, 0.1) is 6.92 Å². The molecule has 1 saturated heterocycles. The molecular formula is C24H24F3N3O4. The molecule has 180 valence electrons. The Labute approximate surface area is 194 Å². The van der Waals surface area contributed by atoms with Crippen LogP contribution in [0.3, 0.4) is 0 Å². The number of β-amino-alcohol motifs (C(OH)–C–C–N with tert-alkyl or cyclic N) is 1. The quantitative estimate of drug-likeness (QED) is 0.566. The van der Waals surface area contributed by atoms with Crippen molar-refractivity contribution in [3.8, 4) is 11.5 Å². The Hall–Kier alpha value is -3.53. The number of rotatable bonds is 6. The molecule has 1 fully saturated rings. The van der Waals surface area contributed by atoms with Crippen molar-refractivity contribution in [2.24, 2.45) is 0 Å². The minimum atomic E-state index is -4.77. The van der Waals surface area contributed by atoms with E-state index in [0.29, 0.717) is 17.1 Å². The summed E-state index contributed by atoms with van der Waals surface area (Å²) in [4.78, 5) is 18.8. The number of aryl methyl sites for hydroxylation is 1. The molecule has 2 unspecified atom stereocenters. The number of pyridine rings is 1. The number of aliphatic hydroxyl groups excluding tert-OH is 1. The fraction of sp³-hybridized carbons (Fsp3) is 0.333. The van der Waals surface area contributed by atoms with E-state index in [1.165, 1.54) is 29.2 Å². The number of aliphatic hydroxyl groups is 1. The maximum atomic E-state index is 12.7. The van der Waals surface area contributed by atoms with Crippen molar-refractivity contribution in [2.75, 3.05) is 25.5 Å². The lowest BCUT2D eigenvalue weighted by atomic mass is 10.1. The Bertz CT molecular complexity index is 1180. The molecule has 3 aromatic rings. The molecule has 2 aromatic carbocycles. The molecule has 0 spiro atoms. The van der Waals surface area contributed by atoms with Gasteiger partial charge in [-0.25, -0.2) is 4.98 Å². The van der Waals surface area contributed by atoms with Gasteiger partial charge in [0.05, 0.1) is 31.2 Å². The second-order valence-electron chi connectivity index (χ2n) is 8.22. The largest absolute Gasteiger partial charge is 0.573 e. The SMILES string of the molecule is COc1cc(NC2CN(C(=O)Cc3ccc(OC(F)(F)F)cc3)CC2O)nc2ccc(C)cc12. The first-order valence-corrected chi connectivity index (χ1v) is 10.6. The van der Waals surface area contributed by atoms with Crippen molar-refractivity contribution in [3.05, 3.63) is 59.7 Å². The number of hydrogen-bond donors (Lipinski definition) is 2. The number of carbonyl (C=O) groups excluding carboxylic acids is 1. The van der Waals surface area contributed by atoms with E-state index < -0.39 is 18.5 Å². The first kappa shape index (κ1) is 23.6. The Kier molecular flexibility index (Phi) is 6.52. The predicted octanol–water partition coefficient (Wildman–Crippen LogP) is 3.68.